The zero-order valence-electron chi connectivity index (χ0n) is 12.0. The molecule has 0 fully saturated rings. The number of halogens is 2. The number of rotatable bonds is 6. The first-order valence-corrected chi connectivity index (χ1v) is 7.85. The average Bonchev–Trinajstić information content (AvgIpc) is 2.73. The molecule has 0 aliphatic heterocycles. The van der Waals surface area contributed by atoms with Crippen LogP contribution >= 0.6 is 27.5 Å². The molecule has 0 atom stereocenters. The Balaban J connectivity index is 2.37. The molecule has 0 radical (unpaired) electrons. The summed E-state index contributed by atoms with van der Waals surface area (Å²) in [6.07, 6.45) is 2.77. The molecule has 0 aromatic carbocycles. The minimum atomic E-state index is 0.0964. The third-order valence-corrected chi connectivity index (χ3v) is 3.99. The van der Waals surface area contributed by atoms with Gasteiger partial charge in [0.15, 0.2) is 5.65 Å². The standard InChI is InChI=1S/C14H19BrClN3O/c1-14(2,4-5-20-3)9-19-12(7-16)18-11-6-10(15)8-17-13(11)19/h6,8H,4-5,7,9H2,1-3H3. The fourth-order valence-electron chi connectivity index (χ4n) is 2.19. The normalized spacial score (nSPS) is 12.2. The lowest BCUT2D eigenvalue weighted by Crippen LogP contribution is -2.22. The maximum atomic E-state index is 6.03. The van der Waals surface area contributed by atoms with Crippen LogP contribution in [0.4, 0.5) is 0 Å². The Morgan fingerprint density at radius 3 is 2.85 bits per heavy atom. The molecular formula is C14H19BrClN3O. The van der Waals surface area contributed by atoms with E-state index in [1.165, 1.54) is 0 Å². The molecule has 0 N–H and O–H groups in total. The topological polar surface area (TPSA) is 39.9 Å². The van der Waals surface area contributed by atoms with Crippen molar-refractivity contribution in [2.75, 3.05) is 13.7 Å². The number of methoxy groups -OCH3 is 1. The molecule has 6 heteroatoms. The molecule has 0 saturated heterocycles. The summed E-state index contributed by atoms with van der Waals surface area (Å²) in [7, 11) is 1.73. The van der Waals surface area contributed by atoms with Crippen LogP contribution in [-0.4, -0.2) is 28.3 Å². The van der Waals surface area contributed by atoms with Gasteiger partial charge in [-0.3, -0.25) is 0 Å². The predicted molar refractivity (Wildman–Crippen MR) is 85.1 cm³/mol. The molecule has 2 aromatic heterocycles. The van der Waals surface area contributed by atoms with Crippen molar-refractivity contribution < 1.29 is 4.74 Å². The molecule has 20 heavy (non-hydrogen) atoms. The number of nitrogens with zero attached hydrogens (tertiary/aromatic N) is 3. The van der Waals surface area contributed by atoms with Crippen LogP contribution in [-0.2, 0) is 17.2 Å². The minimum absolute atomic E-state index is 0.0964. The number of aromatic nitrogens is 3. The van der Waals surface area contributed by atoms with Crippen molar-refractivity contribution in [1.29, 1.82) is 0 Å². The number of imidazole rings is 1. The first-order chi connectivity index (χ1) is 9.46. The quantitative estimate of drug-likeness (QED) is 0.731. The highest BCUT2D eigenvalue weighted by Crippen LogP contribution is 2.27. The number of hydrogen-bond acceptors (Lipinski definition) is 3. The minimum Gasteiger partial charge on any atom is -0.385 e. The number of fused-ring (bicyclic) bond motifs is 1. The largest absolute Gasteiger partial charge is 0.385 e. The Bertz CT molecular complexity index is 597. The van der Waals surface area contributed by atoms with Crippen LogP contribution in [0.5, 0.6) is 0 Å². The highest BCUT2D eigenvalue weighted by molar-refractivity contribution is 9.10. The Morgan fingerprint density at radius 2 is 2.20 bits per heavy atom. The molecule has 0 aliphatic rings. The van der Waals surface area contributed by atoms with Gasteiger partial charge < -0.3 is 9.30 Å². The van der Waals surface area contributed by atoms with E-state index in [4.69, 9.17) is 16.3 Å². The molecule has 110 valence electrons. The number of pyridine rings is 1. The first-order valence-electron chi connectivity index (χ1n) is 6.52. The van der Waals surface area contributed by atoms with E-state index in [0.717, 1.165) is 41.0 Å². The summed E-state index contributed by atoms with van der Waals surface area (Å²) in [6, 6.07) is 1.97. The maximum Gasteiger partial charge on any atom is 0.160 e. The summed E-state index contributed by atoms with van der Waals surface area (Å²) < 4.78 is 8.22. The summed E-state index contributed by atoms with van der Waals surface area (Å²) in [4.78, 5) is 9.04. The van der Waals surface area contributed by atoms with Crippen LogP contribution in [0, 0.1) is 5.41 Å². The Morgan fingerprint density at radius 1 is 1.45 bits per heavy atom. The molecule has 0 spiro atoms. The van der Waals surface area contributed by atoms with Crippen LogP contribution in [0.25, 0.3) is 11.2 Å². The summed E-state index contributed by atoms with van der Waals surface area (Å²) in [5.74, 6) is 1.24. The van der Waals surface area contributed by atoms with E-state index in [0.29, 0.717) is 5.88 Å². The summed E-state index contributed by atoms with van der Waals surface area (Å²) in [5, 5.41) is 0. The van der Waals surface area contributed by atoms with Gasteiger partial charge in [-0.25, -0.2) is 9.97 Å². The van der Waals surface area contributed by atoms with Crippen molar-refractivity contribution in [2.45, 2.75) is 32.7 Å². The van der Waals surface area contributed by atoms with E-state index in [1.54, 1.807) is 13.3 Å². The van der Waals surface area contributed by atoms with Crippen molar-refractivity contribution in [3.63, 3.8) is 0 Å². The van der Waals surface area contributed by atoms with Gasteiger partial charge in [0, 0.05) is 30.9 Å². The fourth-order valence-corrected chi connectivity index (χ4v) is 2.71. The van der Waals surface area contributed by atoms with E-state index in [-0.39, 0.29) is 5.41 Å². The van der Waals surface area contributed by atoms with Gasteiger partial charge in [-0.2, -0.15) is 0 Å². The van der Waals surface area contributed by atoms with E-state index in [9.17, 15) is 0 Å². The van der Waals surface area contributed by atoms with Crippen molar-refractivity contribution in [3.05, 3.63) is 22.6 Å². The highest BCUT2D eigenvalue weighted by atomic mass is 79.9. The third-order valence-electron chi connectivity index (χ3n) is 3.32. The molecule has 0 bridgehead atoms. The van der Waals surface area contributed by atoms with Crippen LogP contribution in [0.1, 0.15) is 26.1 Å². The van der Waals surface area contributed by atoms with Crippen molar-refractivity contribution in [1.82, 2.24) is 14.5 Å². The zero-order chi connectivity index (χ0) is 14.8. The van der Waals surface area contributed by atoms with Gasteiger partial charge in [0.05, 0.1) is 5.88 Å². The monoisotopic (exact) mass is 359 g/mol. The predicted octanol–water partition coefficient (Wildman–Crippen LogP) is 4.00. The zero-order valence-corrected chi connectivity index (χ0v) is 14.3. The van der Waals surface area contributed by atoms with Gasteiger partial charge in [0.1, 0.15) is 11.3 Å². The Kier molecular flexibility index (Phi) is 5.04. The van der Waals surface area contributed by atoms with Gasteiger partial charge in [-0.15, -0.1) is 11.6 Å². The number of hydrogen-bond donors (Lipinski definition) is 0. The van der Waals surface area contributed by atoms with Gasteiger partial charge in [-0.1, -0.05) is 13.8 Å². The summed E-state index contributed by atoms with van der Waals surface area (Å²) >= 11 is 9.45. The molecule has 0 amide bonds. The smallest absolute Gasteiger partial charge is 0.160 e. The van der Waals surface area contributed by atoms with Crippen LogP contribution in [0.3, 0.4) is 0 Å². The maximum absolute atomic E-state index is 6.03. The Labute approximate surface area is 132 Å². The van der Waals surface area contributed by atoms with Crippen molar-refractivity contribution in [2.24, 2.45) is 5.41 Å². The second-order valence-electron chi connectivity index (χ2n) is 5.65. The van der Waals surface area contributed by atoms with E-state index in [1.807, 2.05) is 6.07 Å². The Hall–Kier alpha value is -0.650. The molecular weight excluding hydrogens is 342 g/mol. The number of alkyl halides is 1. The fraction of sp³-hybridized carbons (Fsp3) is 0.571. The molecule has 2 heterocycles. The van der Waals surface area contributed by atoms with E-state index in [2.05, 4.69) is 44.3 Å². The first kappa shape index (κ1) is 15.7. The van der Waals surface area contributed by atoms with Gasteiger partial charge >= 0.3 is 0 Å². The van der Waals surface area contributed by atoms with Gasteiger partial charge in [0.25, 0.3) is 0 Å². The van der Waals surface area contributed by atoms with Crippen molar-refractivity contribution in [3.8, 4) is 0 Å². The molecule has 4 nitrogen and oxygen atoms in total. The second kappa shape index (κ2) is 6.41. The average molecular weight is 361 g/mol. The molecule has 0 unspecified atom stereocenters. The molecule has 0 saturated carbocycles. The van der Waals surface area contributed by atoms with Gasteiger partial charge in [0.2, 0.25) is 0 Å². The second-order valence-corrected chi connectivity index (χ2v) is 6.83. The van der Waals surface area contributed by atoms with E-state index < -0.39 is 0 Å². The molecule has 0 aliphatic carbocycles. The van der Waals surface area contributed by atoms with Crippen molar-refractivity contribution >= 4 is 38.7 Å². The van der Waals surface area contributed by atoms with E-state index >= 15 is 0 Å². The van der Waals surface area contributed by atoms with Crippen LogP contribution in [0.2, 0.25) is 0 Å². The lowest BCUT2D eigenvalue weighted by molar-refractivity contribution is 0.142. The summed E-state index contributed by atoms with van der Waals surface area (Å²) in [6.45, 7) is 6.00. The third kappa shape index (κ3) is 3.51. The summed E-state index contributed by atoms with van der Waals surface area (Å²) in [5.41, 5.74) is 1.85. The molecule has 2 rings (SSSR count). The molecule has 2 aromatic rings. The van der Waals surface area contributed by atoms with Crippen LogP contribution < -0.4 is 0 Å². The van der Waals surface area contributed by atoms with Crippen LogP contribution in [0.15, 0.2) is 16.7 Å². The van der Waals surface area contributed by atoms with Gasteiger partial charge in [-0.05, 0) is 33.8 Å². The lowest BCUT2D eigenvalue weighted by atomic mass is 9.89. The number of ether oxygens (including phenoxy) is 1. The SMILES string of the molecule is COCCC(C)(C)Cn1c(CCl)nc2cc(Br)cnc21. The highest BCUT2D eigenvalue weighted by Gasteiger charge is 2.22. The lowest BCUT2D eigenvalue weighted by Gasteiger charge is -2.25.